The lowest BCUT2D eigenvalue weighted by Crippen LogP contribution is -2.31. The second-order valence-electron chi connectivity index (χ2n) is 6.78. The zero-order valence-electron chi connectivity index (χ0n) is 17.3. The Hall–Kier alpha value is -2.71. The van der Waals surface area contributed by atoms with Gasteiger partial charge in [-0.15, -0.1) is 0 Å². The van der Waals surface area contributed by atoms with Crippen LogP contribution in [-0.4, -0.2) is 35.6 Å². The third-order valence-corrected chi connectivity index (χ3v) is 7.07. The van der Waals surface area contributed by atoms with E-state index < -0.39 is 10.0 Å². The first-order valence-electron chi connectivity index (χ1n) is 9.74. The molecule has 0 amide bonds. The summed E-state index contributed by atoms with van der Waals surface area (Å²) in [4.78, 5) is 3.31. The lowest BCUT2D eigenvalue weighted by atomic mass is 10.2. The number of aromatic amines is 1. The van der Waals surface area contributed by atoms with Gasteiger partial charge in [-0.3, -0.25) is 5.32 Å². The summed E-state index contributed by atoms with van der Waals surface area (Å²) in [5.41, 5.74) is 4.17. The summed E-state index contributed by atoms with van der Waals surface area (Å²) in [5, 5.41) is 7.98. The lowest BCUT2D eigenvalue weighted by Gasteiger charge is -2.17. The molecule has 2 aromatic heterocycles. The maximum atomic E-state index is 12.6. The molecule has 0 saturated heterocycles. The van der Waals surface area contributed by atoms with Gasteiger partial charge in [-0.05, 0) is 32.0 Å². The molecule has 0 aliphatic rings. The second kappa shape index (κ2) is 8.75. The van der Waals surface area contributed by atoms with E-state index in [0.717, 1.165) is 28.5 Å². The van der Waals surface area contributed by atoms with Crippen LogP contribution < -0.4 is 10.3 Å². The number of aryl methyl sites for hydroxylation is 1. The summed E-state index contributed by atoms with van der Waals surface area (Å²) in [5.74, 6) is 0.745. The van der Waals surface area contributed by atoms with Crippen molar-refractivity contribution >= 4 is 15.8 Å². The molecule has 1 aromatic carbocycles. The second-order valence-corrected chi connectivity index (χ2v) is 8.72. The molecule has 29 heavy (non-hydrogen) atoms. The number of para-hydroxylation sites is 1. The molecule has 0 aliphatic carbocycles. The first-order chi connectivity index (χ1) is 13.9. The summed E-state index contributed by atoms with van der Waals surface area (Å²) in [6.07, 6.45) is 1.53. The zero-order chi connectivity index (χ0) is 21.0. The van der Waals surface area contributed by atoms with Crippen LogP contribution >= 0.6 is 0 Å². The van der Waals surface area contributed by atoms with E-state index in [0.29, 0.717) is 19.6 Å². The molecule has 0 aliphatic heterocycles. The third-order valence-electron chi connectivity index (χ3n) is 5.02. The van der Waals surface area contributed by atoms with Crippen LogP contribution in [0.25, 0.3) is 5.69 Å². The number of nitrogens with zero attached hydrogens (tertiary/aromatic N) is 3. The number of hydrogen-bond donors (Lipinski definition) is 1. The molecule has 3 aromatic rings. The summed E-state index contributed by atoms with van der Waals surface area (Å²) >= 11 is 0. The minimum absolute atomic E-state index is 0.260. The molecular weight excluding hydrogens is 386 g/mol. The molecule has 3 rings (SSSR count). The van der Waals surface area contributed by atoms with Crippen LogP contribution in [0.4, 0.5) is 5.82 Å². The van der Waals surface area contributed by atoms with Crippen molar-refractivity contribution in [3.8, 4) is 5.69 Å². The number of hydrogen-bond acceptors (Lipinski definition) is 4. The van der Waals surface area contributed by atoms with Crippen LogP contribution in [0.5, 0.6) is 0 Å². The Labute approximate surface area is 172 Å². The first-order valence-corrected chi connectivity index (χ1v) is 11.2. The smallest absolute Gasteiger partial charge is 0.270 e. The Morgan fingerprint density at radius 2 is 1.76 bits per heavy atom. The number of benzene rings is 1. The van der Waals surface area contributed by atoms with Crippen LogP contribution in [0.3, 0.4) is 0 Å². The van der Waals surface area contributed by atoms with Crippen LogP contribution in [0.15, 0.2) is 53.6 Å². The number of pyridine rings is 1. The molecule has 2 N–H and O–H groups in total. The van der Waals surface area contributed by atoms with Gasteiger partial charge in [0.05, 0.1) is 11.4 Å². The van der Waals surface area contributed by atoms with E-state index in [1.165, 1.54) is 10.5 Å². The minimum Gasteiger partial charge on any atom is -0.270 e. The van der Waals surface area contributed by atoms with Gasteiger partial charge in [0, 0.05) is 30.4 Å². The van der Waals surface area contributed by atoms with Gasteiger partial charge in [-0.1, -0.05) is 32.0 Å². The van der Waals surface area contributed by atoms with E-state index in [9.17, 15) is 8.42 Å². The fraction of sp³-hybridized carbons (Fsp3) is 0.333. The Morgan fingerprint density at radius 1 is 1.07 bits per heavy atom. The third kappa shape index (κ3) is 4.33. The maximum Gasteiger partial charge on any atom is 0.272 e. The highest BCUT2D eigenvalue weighted by atomic mass is 32.2. The molecule has 0 unspecified atom stereocenters. The van der Waals surface area contributed by atoms with Crippen molar-refractivity contribution < 1.29 is 13.4 Å². The number of anilines is 1. The Bertz CT molecular complexity index is 1060. The van der Waals surface area contributed by atoms with E-state index in [1.807, 2.05) is 62.7 Å². The largest absolute Gasteiger partial charge is 0.272 e. The summed E-state index contributed by atoms with van der Waals surface area (Å²) in [6, 6.07) is 13.4. The fourth-order valence-corrected chi connectivity index (χ4v) is 4.75. The van der Waals surface area contributed by atoms with Crippen LogP contribution in [0.1, 0.15) is 30.8 Å². The van der Waals surface area contributed by atoms with Crippen molar-refractivity contribution in [2.24, 2.45) is 0 Å². The average molecular weight is 415 g/mol. The summed E-state index contributed by atoms with van der Waals surface area (Å²) in [7, 11) is -3.46. The van der Waals surface area contributed by atoms with Gasteiger partial charge in [-0.2, -0.15) is 9.40 Å². The number of nitrogens with one attached hydrogen (secondary N) is 2. The van der Waals surface area contributed by atoms with Crippen molar-refractivity contribution in [1.29, 1.82) is 0 Å². The van der Waals surface area contributed by atoms with Crippen molar-refractivity contribution in [1.82, 2.24) is 14.1 Å². The van der Waals surface area contributed by atoms with Crippen molar-refractivity contribution in [2.75, 3.05) is 18.4 Å². The minimum atomic E-state index is -3.46. The van der Waals surface area contributed by atoms with E-state index in [4.69, 9.17) is 0 Å². The van der Waals surface area contributed by atoms with Crippen LogP contribution in [-0.2, 0) is 16.6 Å². The van der Waals surface area contributed by atoms with Crippen LogP contribution in [0, 0.1) is 13.8 Å². The van der Waals surface area contributed by atoms with Gasteiger partial charge < -0.3 is 0 Å². The number of sulfonamides is 1. The quantitative estimate of drug-likeness (QED) is 0.614. The molecule has 0 radical (unpaired) electrons. The van der Waals surface area contributed by atoms with Gasteiger partial charge in [0.15, 0.2) is 0 Å². The van der Waals surface area contributed by atoms with Gasteiger partial charge >= 0.3 is 0 Å². The van der Waals surface area contributed by atoms with Crippen LogP contribution in [0.2, 0.25) is 0 Å². The van der Waals surface area contributed by atoms with Crippen molar-refractivity contribution in [3.63, 3.8) is 0 Å². The Morgan fingerprint density at radius 3 is 2.34 bits per heavy atom. The van der Waals surface area contributed by atoms with Gasteiger partial charge in [-0.25, -0.2) is 18.1 Å². The molecule has 0 spiro atoms. The fourth-order valence-electron chi connectivity index (χ4n) is 3.33. The highest BCUT2D eigenvalue weighted by molar-refractivity contribution is 7.89. The molecule has 0 saturated carbocycles. The molecule has 2 heterocycles. The van der Waals surface area contributed by atoms with Crippen molar-refractivity contribution in [3.05, 3.63) is 65.6 Å². The molecule has 154 valence electrons. The van der Waals surface area contributed by atoms with E-state index in [-0.39, 0.29) is 4.90 Å². The Kier molecular flexibility index (Phi) is 6.34. The SMILES string of the molecule is CCN(CC)S(=O)(=O)c1ccc(NCc2c(C)nn(-c3ccccc3)c2C)[nH+]c1. The van der Waals surface area contributed by atoms with Gasteiger partial charge in [0.25, 0.3) is 5.82 Å². The molecule has 8 heteroatoms. The lowest BCUT2D eigenvalue weighted by molar-refractivity contribution is -0.364. The normalized spacial score (nSPS) is 11.8. The maximum absolute atomic E-state index is 12.6. The molecule has 0 bridgehead atoms. The van der Waals surface area contributed by atoms with E-state index in [2.05, 4.69) is 15.4 Å². The molecule has 7 nitrogen and oxygen atoms in total. The predicted molar refractivity (Wildman–Crippen MR) is 113 cm³/mol. The Balaban J connectivity index is 1.75. The van der Waals surface area contributed by atoms with Gasteiger partial charge in [0.2, 0.25) is 10.0 Å². The number of aromatic nitrogens is 3. The highest BCUT2D eigenvalue weighted by Crippen LogP contribution is 2.19. The molecule has 0 atom stereocenters. The first kappa shape index (κ1) is 21.0. The van der Waals surface area contributed by atoms with Crippen molar-refractivity contribution in [2.45, 2.75) is 39.1 Å². The highest BCUT2D eigenvalue weighted by Gasteiger charge is 2.23. The number of H-pyrrole nitrogens is 1. The standard InChI is InChI=1S/C21H27N5O2S/c1-5-25(6-2)29(27,28)19-12-13-21(22-14-19)23-15-20-16(3)24-26(17(20)4)18-10-8-7-9-11-18/h7-14H,5-6,15H2,1-4H3,(H,22,23)/p+1. The topological polar surface area (TPSA) is 81.4 Å². The predicted octanol–water partition coefficient (Wildman–Crippen LogP) is 2.95. The zero-order valence-corrected chi connectivity index (χ0v) is 18.1. The average Bonchev–Trinajstić information content (AvgIpc) is 3.01. The summed E-state index contributed by atoms with van der Waals surface area (Å²) < 4.78 is 28.6. The van der Waals surface area contributed by atoms with E-state index >= 15 is 0 Å². The van der Waals surface area contributed by atoms with E-state index in [1.54, 1.807) is 12.1 Å². The molecule has 0 fully saturated rings. The number of rotatable bonds is 8. The van der Waals surface area contributed by atoms with Gasteiger partial charge in [0.1, 0.15) is 17.6 Å². The summed E-state index contributed by atoms with van der Waals surface area (Å²) in [6.45, 7) is 9.19. The molecular formula is C21H28N5O2S+. The monoisotopic (exact) mass is 414 g/mol.